The van der Waals surface area contributed by atoms with Crippen LogP contribution in [0.4, 0.5) is 5.69 Å². The monoisotopic (exact) mass is 292 g/mol. The second kappa shape index (κ2) is 6.58. The van der Waals surface area contributed by atoms with Crippen LogP contribution in [0.1, 0.15) is 36.0 Å². The normalized spacial score (nSPS) is 21.6. The lowest BCUT2D eigenvalue weighted by Gasteiger charge is -2.25. The van der Waals surface area contributed by atoms with Crippen LogP contribution >= 0.6 is 0 Å². The molecular formula is C15H20N2O4. The number of benzene rings is 1. The van der Waals surface area contributed by atoms with Crippen LogP contribution in [-0.2, 0) is 4.79 Å². The Bertz CT molecular complexity index is 536. The smallest absolute Gasteiger partial charge is 0.337 e. The molecule has 0 saturated heterocycles. The summed E-state index contributed by atoms with van der Waals surface area (Å²) < 4.78 is 5.07. The number of carboxylic acids is 1. The molecule has 0 heterocycles. The van der Waals surface area contributed by atoms with Crippen LogP contribution in [0.2, 0.25) is 0 Å². The molecule has 114 valence electrons. The number of hydrogen-bond acceptors (Lipinski definition) is 4. The number of rotatable bonds is 4. The quantitative estimate of drug-likeness (QED) is 0.786. The number of nitrogens with one attached hydrogen (secondary N) is 1. The van der Waals surface area contributed by atoms with E-state index in [1.54, 1.807) is 6.07 Å². The van der Waals surface area contributed by atoms with Gasteiger partial charge in [0, 0.05) is 18.0 Å². The highest BCUT2D eigenvalue weighted by Crippen LogP contribution is 2.27. The Balaban J connectivity index is 2.14. The first-order chi connectivity index (χ1) is 10.0. The van der Waals surface area contributed by atoms with Crippen molar-refractivity contribution in [2.45, 2.75) is 31.7 Å². The van der Waals surface area contributed by atoms with Gasteiger partial charge in [-0.25, -0.2) is 4.79 Å². The molecule has 0 bridgehead atoms. The molecule has 4 N–H and O–H groups in total. The van der Waals surface area contributed by atoms with Gasteiger partial charge in [-0.15, -0.1) is 0 Å². The van der Waals surface area contributed by atoms with Crippen molar-refractivity contribution in [2.75, 3.05) is 12.4 Å². The standard InChI is InChI=1S/C15H20N2O4/c1-21-11-6-7-12(15(19)20)13(8-11)17-14(18)9-2-4-10(16)5-3-9/h6-10H,2-5,16H2,1H3,(H,17,18)(H,19,20). The van der Waals surface area contributed by atoms with Crippen molar-refractivity contribution >= 4 is 17.6 Å². The van der Waals surface area contributed by atoms with E-state index in [2.05, 4.69) is 5.32 Å². The number of aromatic carboxylic acids is 1. The first kappa shape index (κ1) is 15.3. The highest BCUT2D eigenvalue weighted by Gasteiger charge is 2.25. The van der Waals surface area contributed by atoms with Gasteiger partial charge in [0.1, 0.15) is 5.75 Å². The molecule has 6 heteroatoms. The molecule has 0 unspecified atom stereocenters. The number of methoxy groups -OCH3 is 1. The summed E-state index contributed by atoms with van der Waals surface area (Å²) in [5, 5.41) is 11.9. The Labute approximate surface area is 123 Å². The Hall–Kier alpha value is -2.08. The summed E-state index contributed by atoms with van der Waals surface area (Å²) in [7, 11) is 1.49. The van der Waals surface area contributed by atoms with Crippen LogP contribution in [0.3, 0.4) is 0 Å². The van der Waals surface area contributed by atoms with Crippen molar-refractivity contribution < 1.29 is 19.4 Å². The molecule has 1 aliphatic carbocycles. The van der Waals surface area contributed by atoms with Gasteiger partial charge in [-0.05, 0) is 37.8 Å². The van der Waals surface area contributed by atoms with E-state index >= 15 is 0 Å². The van der Waals surface area contributed by atoms with E-state index in [0.717, 1.165) is 25.7 Å². The van der Waals surface area contributed by atoms with E-state index in [9.17, 15) is 14.7 Å². The molecule has 1 aliphatic rings. The topological polar surface area (TPSA) is 102 Å². The number of carbonyl (C=O) groups is 2. The van der Waals surface area contributed by atoms with Crippen molar-refractivity contribution in [3.63, 3.8) is 0 Å². The minimum absolute atomic E-state index is 0.0525. The third kappa shape index (κ3) is 3.72. The minimum atomic E-state index is -1.08. The van der Waals surface area contributed by atoms with Crippen LogP contribution in [0.15, 0.2) is 18.2 Å². The lowest BCUT2D eigenvalue weighted by Crippen LogP contribution is -2.32. The molecule has 1 amide bonds. The minimum Gasteiger partial charge on any atom is -0.497 e. The second-order valence-electron chi connectivity index (χ2n) is 5.32. The van der Waals surface area contributed by atoms with E-state index < -0.39 is 5.97 Å². The van der Waals surface area contributed by atoms with Gasteiger partial charge in [-0.1, -0.05) is 0 Å². The zero-order chi connectivity index (χ0) is 15.4. The molecule has 1 aromatic rings. The van der Waals surface area contributed by atoms with Crippen LogP contribution in [0.25, 0.3) is 0 Å². The Morgan fingerprint density at radius 2 is 1.95 bits per heavy atom. The number of amides is 1. The van der Waals surface area contributed by atoms with Gasteiger partial charge in [0.2, 0.25) is 5.91 Å². The van der Waals surface area contributed by atoms with Crippen molar-refractivity contribution in [3.8, 4) is 5.75 Å². The molecule has 1 fully saturated rings. The van der Waals surface area contributed by atoms with Gasteiger partial charge in [0.05, 0.1) is 18.4 Å². The summed E-state index contributed by atoms with van der Waals surface area (Å²) >= 11 is 0. The molecule has 0 atom stereocenters. The number of hydrogen-bond donors (Lipinski definition) is 3. The van der Waals surface area contributed by atoms with Crippen molar-refractivity contribution in [1.82, 2.24) is 0 Å². The lowest BCUT2D eigenvalue weighted by atomic mass is 9.86. The summed E-state index contributed by atoms with van der Waals surface area (Å²) in [6.45, 7) is 0. The van der Waals surface area contributed by atoms with Crippen molar-refractivity contribution in [2.24, 2.45) is 11.7 Å². The SMILES string of the molecule is COc1ccc(C(=O)O)c(NC(=O)C2CCC(N)CC2)c1. The van der Waals surface area contributed by atoms with Gasteiger partial charge in [0.15, 0.2) is 0 Å². The van der Waals surface area contributed by atoms with Crippen LogP contribution in [0, 0.1) is 5.92 Å². The Kier molecular flexibility index (Phi) is 4.80. The van der Waals surface area contributed by atoms with E-state index in [1.807, 2.05) is 0 Å². The maximum Gasteiger partial charge on any atom is 0.337 e. The predicted molar refractivity (Wildman–Crippen MR) is 78.5 cm³/mol. The second-order valence-corrected chi connectivity index (χ2v) is 5.32. The number of anilines is 1. The van der Waals surface area contributed by atoms with E-state index in [0.29, 0.717) is 5.75 Å². The molecule has 0 aromatic heterocycles. The average Bonchev–Trinajstić information content (AvgIpc) is 2.47. The first-order valence-electron chi connectivity index (χ1n) is 6.99. The van der Waals surface area contributed by atoms with Gasteiger partial charge in [-0.2, -0.15) is 0 Å². The molecule has 0 radical (unpaired) electrons. The maximum atomic E-state index is 12.3. The fraction of sp³-hybridized carbons (Fsp3) is 0.467. The summed E-state index contributed by atoms with van der Waals surface area (Å²) in [6.07, 6.45) is 3.11. The lowest BCUT2D eigenvalue weighted by molar-refractivity contribution is -0.120. The van der Waals surface area contributed by atoms with Gasteiger partial charge in [-0.3, -0.25) is 4.79 Å². The van der Waals surface area contributed by atoms with Gasteiger partial charge >= 0.3 is 5.97 Å². The fourth-order valence-electron chi connectivity index (χ4n) is 2.56. The summed E-state index contributed by atoms with van der Waals surface area (Å²) in [5.74, 6) is -0.852. The zero-order valence-electron chi connectivity index (χ0n) is 12.0. The number of carboxylic acid groups (broad SMARTS) is 1. The largest absolute Gasteiger partial charge is 0.497 e. The Morgan fingerprint density at radius 3 is 2.52 bits per heavy atom. The molecule has 6 nitrogen and oxygen atoms in total. The van der Waals surface area contributed by atoms with Crippen molar-refractivity contribution in [1.29, 1.82) is 0 Å². The van der Waals surface area contributed by atoms with Crippen LogP contribution < -0.4 is 15.8 Å². The maximum absolute atomic E-state index is 12.3. The molecule has 21 heavy (non-hydrogen) atoms. The third-order valence-electron chi connectivity index (χ3n) is 3.86. The molecule has 1 saturated carbocycles. The third-order valence-corrected chi connectivity index (χ3v) is 3.86. The highest BCUT2D eigenvalue weighted by atomic mass is 16.5. The van der Waals surface area contributed by atoms with E-state index in [-0.39, 0.29) is 29.1 Å². The van der Waals surface area contributed by atoms with Crippen LogP contribution in [-0.4, -0.2) is 30.1 Å². The Morgan fingerprint density at radius 1 is 1.29 bits per heavy atom. The summed E-state index contributed by atoms with van der Waals surface area (Å²) in [5.41, 5.74) is 6.14. The number of ether oxygens (including phenoxy) is 1. The molecule has 2 rings (SSSR count). The predicted octanol–water partition coefficient (Wildman–Crippen LogP) is 1.85. The molecular weight excluding hydrogens is 272 g/mol. The molecule has 1 aromatic carbocycles. The average molecular weight is 292 g/mol. The van der Waals surface area contributed by atoms with E-state index in [1.165, 1.54) is 19.2 Å². The highest BCUT2D eigenvalue weighted by molar-refractivity contribution is 6.01. The molecule has 0 spiro atoms. The first-order valence-corrected chi connectivity index (χ1v) is 6.99. The fourth-order valence-corrected chi connectivity index (χ4v) is 2.56. The summed E-state index contributed by atoms with van der Waals surface area (Å²) in [4.78, 5) is 23.5. The number of carbonyl (C=O) groups excluding carboxylic acids is 1. The number of nitrogens with two attached hydrogens (primary N) is 1. The van der Waals surface area contributed by atoms with Crippen LogP contribution in [0.5, 0.6) is 5.75 Å². The zero-order valence-corrected chi connectivity index (χ0v) is 12.0. The van der Waals surface area contributed by atoms with E-state index in [4.69, 9.17) is 10.5 Å². The molecule has 0 aliphatic heterocycles. The summed E-state index contributed by atoms with van der Waals surface area (Å²) in [6, 6.07) is 4.67. The van der Waals surface area contributed by atoms with Gasteiger partial charge in [0.25, 0.3) is 0 Å². The van der Waals surface area contributed by atoms with Crippen molar-refractivity contribution in [3.05, 3.63) is 23.8 Å². The van der Waals surface area contributed by atoms with Gasteiger partial charge < -0.3 is 20.9 Å².